The summed E-state index contributed by atoms with van der Waals surface area (Å²) in [6, 6.07) is 16.5. The van der Waals surface area contributed by atoms with Gasteiger partial charge in [-0.1, -0.05) is 51.4 Å². The Morgan fingerprint density at radius 2 is 1.80 bits per heavy atom. The quantitative estimate of drug-likeness (QED) is 0.478. The fraction of sp³-hybridized carbons (Fsp3) is 0.0667. The molecule has 0 heterocycles. The van der Waals surface area contributed by atoms with Gasteiger partial charge in [-0.3, -0.25) is 0 Å². The molecule has 0 aromatic heterocycles. The average molecular weight is 334 g/mol. The van der Waals surface area contributed by atoms with Gasteiger partial charge in [0.05, 0.1) is 6.21 Å². The van der Waals surface area contributed by atoms with Crippen molar-refractivity contribution < 1.29 is 14.4 Å². The second kappa shape index (κ2) is 7.45. The van der Waals surface area contributed by atoms with Crippen molar-refractivity contribution in [2.75, 3.05) is 6.61 Å². The standard InChI is InChI=1S/C15H12BrNO3/c16-13-8-6-12(7-9-13)10-17-20-15(18)11-19-14-4-2-1-3-5-14/h1-10H,11H2/b17-10+. The normalized spacial score (nSPS) is 10.4. The molecule has 2 rings (SSSR count). The average Bonchev–Trinajstić information content (AvgIpc) is 2.48. The summed E-state index contributed by atoms with van der Waals surface area (Å²) in [6.07, 6.45) is 1.47. The molecule has 0 N–H and O–H groups in total. The number of hydrogen-bond acceptors (Lipinski definition) is 4. The highest BCUT2D eigenvalue weighted by Gasteiger charge is 2.03. The Balaban J connectivity index is 1.76. The van der Waals surface area contributed by atoms with Gasteiger partial charge in [0, 0.05) is 4.47 Å². The van der Waals surface area contributed by atoms with Crippen LogP contribution in [0.1, 0.15) is 5.56 Å². The maximum absolute atomic E-state index is 11.4. The SMILES string of the molecule is O=C(COc1ccccc1)O/N=C/c1ccc(Br)cc1. The maximum Gasteiger partial charge on any atom is 0.372 e. The van der Waals surface area contributed by atoms with E-state index in [1.165, 1.54) is 6.21 Å². The molecule has 4 nitrogen and oxygen atoms in total. The smallest absolute Gasteiger partial charge is 0.372 e. The molecule has 0 aliphatic carbocycles. The van der Waals surface area contributed by atoms with E-state index in [4.69, 9.17) is 9.57 Å². The second-order valence-electron chi connectivity index (χ2n) is 3.85. The van der Waals surface area contributed by atoms with Crippen LogP contribution in [-0.4, -0.2) is 18.8 Å². The zero-order valence-corrected chi connectivity index (χ0v) is 12.1. The van der Waals surface area contributed by atoms with Crippen molar-refractivity contribution >= 4 is 28.1 Å². The Morgan fingerprint density at radius 3 is 2.50 bits per heavy atom. The number of oxime groups is 1. The van der Waals surface area contributed by atoms with E-state index >= 15 is 0 Å². The molecule has 20 heavy (non-hydrogen) atoms. The lowest BCUT2D eigenvalue weighted by atomic mass is 10.2. The molecule has 0 aliphatic rings. The summed E-state index contributed by atoms with van der Waals surface area (Å²) >= 11 is 3.33. The van der Waals surface area contributed by atoms with Gasteiger partial charge in [0.25, 0.3) is 0 Å². The van der Waals surface area contributed by atoms with Gasteiger partial charge in [-0.2, -0.15) is 0 Å². The highest BCUT2D eigenvalue weighted by atomic mass is 79.9. The molecule has 0 atom stereocenters. The van der Waals surface area contributed by atoms with Crippen molar-refractivity contribution in [1.82, 2.24) is 0 Å². The third-order valence-electron chi connectivity index (χ3n) is 2.33. The number of carbonyl (C=O) groups is 1. The predicted octanol–water partition coefficient (Wildman–Crippen LogP) is 3.41. The summed E-state index contributed by atoms with van der Waals surface area (Å²) in [6.45, 7) is -0.179. The molecule has 0 saturated carbocycles. The van der Waals surface area contributed by atoms with Gasteiger partial charge in [0.1, 0.15) is 5.75 Å². The molecule has 2 aromatic rings. The van der Waals surface area contributed by atoms with Crippen LogP contribution in [0.15, 0.2) is 64.2 Å². The largest absolute Gasteiger partial charge is 0.482 e. The summed E-state index contributed by atoms with van der Waals surface area (Å²) in [5.74, 6) is 0.0588. The van der Waals surface area contributed by atoms with Crippen molar-refractivity contribution in [3.63, 3.8) is 0 Å². The molecule has 0 fully saturated rings. The molecule has 0 aliphatic heterocycles. The Morgan fingerprint density at radius 1 is 1.10 bits per heavy atom. The van der Waals surface area contributed by atoms with E-state index in [0.29, 0.717) is 5.75 Å². The molecule has 5 heteroatoms. The molecule has 2 aromatic carbocycles. The fourth-order valence-corrected chi connectivity index (χ4v) is 1.64. The zero-order valence-electron chi connectivity index (χ0n) is 10.5. The highest BCUT2D eigenvalue weighted by molar-refractivity contribution is 9.10. The first-order chi connectivity index (χ1) is 9.74. The first-order valence-electron chi connectivity index (χ1n) is 5.91. The summed E-state index contributed by atoms with van der Waals surface area (Å²) < 4.78 is 6.21. The third-order valence-corrected chi connectivity index (χ3v) is 2.85. The Bertz CT molecular complexity index is 582. The lowest BCUT2D eigenvalue weighted by Gasteiger charge is -2.02. The minimum absolute atomic E-state index is 0.179. The van der Waals surface area contributed by atoms with Crippen LogP contribution in [0.2, 0.25) is 0 Å². The van der Waals surface area contributed by atoms with Crippen LogP contribution < -0.4 is 4.74 Å². The Kier molecular flexibility index (Phi) is 5.32. The van der Waals surface area contributed by atoms with E-state index in [9.17, 15) is 4.79 Å². The molecule has 0 saturated heterocycles. The number of rotatable bonds is 5. The number of para-hydroxylation sites is 1. The van der Waals surface area contributed by atoms with Gasteiger partial charge in [-0.05, 0) is 29.8 Å². The highest BCUT2D eigenvalue weighted by Crippen LogP contribution is 2.09. The van der Waals surface area contributed by atoms with Crippen LogP contribution in [-0.2, 0) is 9.63 Å². The van der Waals surface area contributed by atoms with Crippen LogP contribution in [0, 0.1) is 0 Å². The van der Waals surface area contributed by atoms with Gasteiger partial charge >= 0.3 is 5.97 Å². The van der Waals surface area contributed by atoms with E-state index in [1.54, 1.807) is 12.1 Å². The number of benzene rings is 2. The van der Waals surface area contributed by atoms with E-state index < -0.39 is 5.97 Å². The molecule has 0 radical (unpaired) electrons. The lowest BCUT2D eigenvalue weighted by Crippen LogP contribution is -2.12. The monoisotopic (exact) mass is 333 g/mol. The van der Waals surface area contributed by atoms with Crippen LogP contribution in [0.4, 0.5) is 0 Å². The summed E-state index contributed by atoms with van der Waals surface area (Å²) in [4.78, 5) is 16.1. The van der Waals surface area contributed by atoms with Gasteiger partial charge in [0.15, 0.2) is 6.61 Å². The van der Waals surface area contributed by atoms with Gasteiger partial charge in [-0.25, -0.2) is 4.79 Å². The van der Waals surface area contributed by atoms with E-state index in [0.717, 1.165) is 10.0 Å². The first-order valence-corrected chi connectivity index (χ1v) is 6.70. The summed E-state index contributed by atoms with van der Waals surface area (Å²) in [5, 5.41) is 3.61. The predicted molar refractivity (Wildman–Crippen MR) is 79.8 cm³/mol. The van der Waals surface area contributed by atoms with Crippen LogP contribution in [0.25, 0.3) is 0 Å². The van der Waals surface area contributed by atoms with Crippen LogP contribution >= 0.6 is 15.9 Å². The van der Waals surface area contributed by atoms with E-state index in [2.05, 4.69) is 21.1 Å². The molecule has 0 amide bonds. The van der Waals surface area contributed by atoms with Crippen molar-refractivity contribution in [1.29, 1.82) is 0 Å². The fourth-order valence-electron chi connectivity index (χ4n) is 1.38. The van der Waals surface area contributed by atoms with Crippen molar-refractivity contribution in [2.45, 2.75) is 0 Å². The molecule has 0 bridgehead atoms. The molecular weight excluding hydrogens is 322 g/mol. The van der Waals surface area contributed by atoms with E-state index in [-0.39, 0.29) is 6.61 Å². The Labute approximate surface area is 125 Å². The number of halogens is 1. The number of ether oxygens (including phenoxy) is 1. The van der Waals surface area contributed by atoms with Crippen molar-refractivity contribution in [3.8, 4) is 5.75 Å². The summed E-state index contributed by atoms with van der Waals surface area (Å²) in [5.41, 5.74) is 0.838. The zero-order chi connectivity index (χ0) is 14.2. The van der Waals surface area contributed by atoms with Gasteiger partial charge in [0.2, 0.25) is 0 Å². The van der Waals surface area contributed by atoms with Gasteiger partial charge in [-0.15, -0.1) is 0 Å². The molecule has 0 unspecified atom stereocenters. The number of nitrogens with zero attached hydrogens (tertiary/aromatic N) is 1. The number of carbonyl (C=O) groups excluding carboxylic acids is 1. The molecule has 102 valence electrons. The number of hydrogen-bond donors (Lipinski definition) is 0. The van der Waals surface area contributed by atoms with Crippen molar-refractivity contribution in [2.24, 2.45) is 5.16 Å². The third kappa shape index (κ3) is 4.85. The summed E-state index contributed by atoms with van der Waals surface area (Å²) in [7, 11) is 0. The maximum atomic E-state index is 11.4. The van der Waals surface area contributed by atoms with Crippen LogP contribution in [0.3, 0.4) is 0 Å². The molecular formula is C15H12BrNO3. The van der Waals surface area contributed by atoms with Crippen LogP contribution in [0.5, 0.6) is 5.75 Å². The Hall–Kier alpha value is -2.14. The van der Waals surface area contributed by atoms with Crippen molar-refractivity contribution in [3.05, 3.63) is 64.6 Å². The minimum Gasteiger partial charge on any atom is -0.482 e. The van der Waals surface area contributed by atoms with Gasteiger partial charge < -0.3 is 9.57 Å². The molecule has 0 spiro atoms. The lowest BCUT2D eigenvalue weighted by molar-refractivity contribution is -0.145. The van der Waals surface area contributed by atoms with E-state index in [1.807, 2.05) is 42.5 Å². The minimum atomic E-state index is -0.554. The topological polar surface area (TPSA) is 47.9 Å². The first kappa shape index (κ1) is 14.3. The second-order valence-corrected chi connectivity index (χ2v) is 4.77.